The van der Waals surface area contributed by atoms with Crippen molar-refractivity contribution >= 4 is 17.6 Å². The number of benzene rings is 2. The lowest BCUT2D eigenvalue weighted by Gasteiger charge is -2.26. The molecule has 1 atom stereocenters. The highest BCUT2D eigenvalue weighted by atomic mass is 35.5. The van der Waals surface area contributed by atoms with Crippen LogP contribution in [0.2, 0.25) is 5.02 Å². The van der Waals surface area contributed by atoms with Crippen LogP contribution in [0.15, 0.2) is 77.9 Å². The Morgan fingerprint density at radius 2 is 1.91 bits per heavy atom. The second kappa shape index (κ2) is 18.9. The van der Waals surface area contributed by atoms with Gasteiger partial charge in [-0.25, -0.2) is 0 Å². The Morgan fingerprint density at radius 3 is 2.68 bits per heavy atom. The van der Waals surface area contributed by atoms with Crippen LogP contribution in [0.4, 0.5) is 0 Å². The molecule has 1 fully saturated rings. The standard InChI is InChI=1S/C35H46ClN7O/c1-42(23-17-33(34-12-3-4-18-38-34)30-13-15-31(36)16-14-30)24-20-40-35(41-28-37)39-19-5-8-25-44-32-11-9-10-29(26-32)27-43-21-6-2-7-22-43/h3-4,9-16,18,26,33H,2,5-8,17,19-25,27H2,1H3,(H2,39,40,41). The fraction of sp³-hybridized carbons (Fsp3) is 0.457. The highest BCUT2D eigenvalue weighted by molar-refractivity contribution is 6.30. The molecule has 1 unspecified atom stereocenters. The quantitative estimate of drug-likeness (QED) is 0.0667. The zero-order valence-electron chi connectivity index (χ0n) is 25.9. The van der Waals surface area contributed by atoms with Gasteiger partial charge in [0.2, 0.25) is 5.96 Å². The molecule has 3 aromatic rings. The molecule has 1 aliphatic rings. The summed E-state index contributed by atoms with van der Waals surface area (Å²) in [5.41, 5.74) is 3.58. The van der Waals surface area contributed by atoms with Gasteiger partial charge in [0.1, 0.15) is 5.75 Å². The number of nitrogens with zero attached hydrogens (tertiary/aromatic N) is 5. The van der Waals surface area contributed by atoms with Crippen LogP contribution in [0.5, 0.6) is 5.75 Å². The van der Waals surface area contributed by atoms with Gasteiger partial charge in [-0.3, -0.25) is 20.2 Å². The molecule has 0 bridgehead atoms. The van der Waals surface area contributed by atoms with Crippen molar-refractivity contribution in [2.45, 2.75) is 51.0 Å². The average molecular weight is 616 g/mol. The minimum Gasteiger partial charge on any atom is -0.494 e. The van der Waals surface area contributed by atoms with E-state index >= 15 is 0 Å². The summed E-state index contributed by atoms with van der Waals surface area (Å²) in [6.45, 7) is 7.04. The first kappa shape index (κ1) is 33.3. The number of guanidine groups is 1. The van der Waals surface area contributed by atoms with Crippen LogP contribution in [0.3, 0.4) is 0 Å². The van der Waals surface area contributed by atoms with E-state index in [4.69, 9.17) is 16.3 Å². The van der Waals surface area contributed by atoms with E-state index in [0.29, 0.717) is 25.7 Å². The van der Waals surface area contributed by atoms with Gasteiger partial charge in [-0.2, -0.15) is 5.26 Å². The largest absolute Gasteiger partial charge is 0.494 e. The van der Waals surface area contributed by atoms with Crippen LogP contribution in [0.1, 0.15) is 61.3 Å². The van der Waals surface area contributed by atoms with Crippen LogP contribution >= 0.6 is 11.6 Å². The maximum atomic E-state index is 9.19. The van der Waals surface area contributed by atoms with Crippen LogP contribution in [0, 0.1) is 11.5 Å². The van der Waals surface area contributed by atoms with E-state index < -0.39 is 0 Å². The Hall–Kier alpha value is -3.64. The van der Waals surface area contributed by atoms with Crippen molar-refractivity contribution < 1.29 is 4.74 Å². The fourth-order valence-corrected chi connectivity index (χ4v) is 5.61. The number of rotatable bonds is 16. The Balaban J connectivity index is 1.14. The Bertz CT molecular complexity index is 1310. The fourth-order valence-electron chi connectivity index (χ4n) is 5.49. The first-order valence-corrected chi connectivity index (χ1v) is 16.2. The third-order valence-electron chi connectivity index (χ3n) is 7.92. The number of hydrogen-bond acceptors (Lipinski definition) is 6. The molecule has 0 saturated carbocycles. The van der Waals surface area contributed by atoms with E-state index in [9.17, 15) is 5.26 Å². The van der Waals surface area contributed by atoms with Crippen molar-refractivity contribution in [3.63, 3.8) is 0 Å². The molecule has 0 radical (unpaired) electrons. The number of ether oxygens (including phenoxy) is 1. The number of likely N-dealkylation sites (tertiary alicyclic amines) is 1. The number of piperidine rings is 1. The highest BCUT2D eigenvalue weighted by Gasteiger charge is 2.16. The van der Waals surface area contributed by atoms with Crippen LogP contribution in [-0.2, 0) is 6.54 Å². The molecule has 2 N–H and O–H groups in total. The number of nitrogens with one attached hydrogen (secondary N) is 2. The molecule has 9 heteroatoms. The zero-order valence-corrected chi connectivity index (χ0v) is 26.7. The summed E-state index contributed by atoms with van der Waals surface area (Å²) in [6.07, 6.45) is 10.5. The lowest BCUT2D eigenvalue weighted by atomic mass is 9.92. The molecular weight excluding hydrogens is 570 g/mol. The number of nitriles is 1. The molecule has 0 spiro atoms. The van der Waals surface area contributed by atoms with Gasteiger partial charge in [-0.05, 0) is 106 Å². The Kier molecular flexibility index (Phi) is 14.3. The normalized spacial score (nSPS) is 14.6. The maximum absolute atomic E-state index is 9.19. The number of hydrogen-bond donors (Lipinski definition) is 2. The van der Waals surface area contributed by atoms with Crippen molar-refractivity contribution in [2.75, 3.05) is 52.9 Å². The Labute approximate surface area is 268 Å². The minimum absolute atomic E-state index is 0.189. The molecule has 1 aliphatic heterocycles. The number of unbranched alkanes of at least 4 members (excludes halogenated alkanes) is 1. The first-order chi connectivity index (χ1) is 21.6. The first-order valence-electron chi connectivity index (χ1n) is 15.8. The molecule has 2 heterocycles. The SMILES string of the molecule is CN(CCN/C(=N\CCCCOc1cccc(CN2CCCCC2)c1)NC#N)CCC(c1ccc(Cl)cc1)c1ccccn1. The van der Waals surface area contributed by atoms with E-state index in [2.05, 4.69) is 73.9 Å². The monoisotopic (exact) mass is 615 g/mol. The van der Waals surface area contributed by atoms with Gasteiger partial charge in [0.25, 0.3) is 0 Å². The van der Waals surface area contributed by atoms with Crippen molar-refractivity contribution in [1.29, 1.82) is 5.26 Å². The number of pyridine rings is 1. The summed E-state index contributed by atoms with van der Waals surface area (Å²) in [5.74, 6) is 1.63. The molecule has 4 rings (SSSR count). The molecular formula is C35H46ClN7O. The summed E-state index contributed by atoms with van der Waals surface area (Å²) in [5, 5.41) is 15.9. The van der Waals surface area contributed by atoms with Crippen LogP contribution in [-0.4, -0.2) is 73.7 Å². The minimum atomic E-state index is 0.189. The second-order valence-electron chi connectivity index (χ2n) is 11.4. The van der Waals surface area contributed by atoms with Gasteiger partial charge in [0, 0.05) is 49.0 Å². The van der Waals surface area contributed by atoms with E-state index in [1.807, 2.05) is 42.7 Å². The van der Waals surface area contributed by atoms with Crippen molar-refractivity contribution in [3.8, 4) is 11.9 Å². The van der Waals surface area contributed by atoms with Crippen molar-refractivity contribution in [2.24, 2.45) is 4.99 Å². The highest BCUT2D eigenvalue weighted by Crippen LogP contribution is 2.27. The summed E-state index contributed by atoms with van der Waals surface area (Å²) in [7, 11) is 2.11. The molecule has 1 saturated heterocycles. The van der Waals surface area contributed by atoms with Crippen LogP contribution in [0.25, 0.3) is 0 Å². The third kappa shape index (κ3) is 11.8. The van der Waals surface area contributed by atoms with Crippen molar-refractivity contribution in [1.82, 2.24) is 25.4 Å². The molecule has 2 aromatic carbocycles. The van der Waals surface area contributed by atoms with Gasteiger partial charge in [-0.1, -0.05) is 48.4 Å². The van der Waals surface area contributed by atoms with Gasteiger partial charge in [-0.15, -0.1) is 0 Å². The van der Waals surface area contributed by atoms with Gasteiger partial charge in [0.15, 0.2) is 6.19 Å². The summed E-state index contributed by atoms with van der Waals surface area (Å²) in [6, 6.07) is 22.6. The number of aliphatic imine (C=N–C) groups is 1. The average Bonchev–Trinajstić information content (AvgIpc) is 3.05. The zero-order chi connectivity index (χ0) is 30.8. The van der Waals surface area contributed by atoms with Gasteiger partial charge in [0.05, 0.1) is 6.61 Å². The third-order valence-corrected chi connectivity index (χ3v) is 8.17. The second-order valence-corrected chi connectivity index (χ2v) is 11.8. The lowest BCUT2D eigenvalue weighted by Crippen LogP contribution is -2.39. The van der Waals surface area contributed by atoms with E-state index in [1.54, 1.807) is 0 Å². The van der Waals surface area contributed by atoms with E-state index in [0.717, 1.165) is 55.4 Å². The number of likely N-dealkylation sites (N-methyl/N-ethyl adjacent to an activating group) is 1. The summed E-state index contributed by atoms with van der Waals surface area (Å²) in [4.78, 5) is 14.0. The predicted molar refractivity (Wildman–Crippen MR) is 179 cm³/mol. The van der Waals surface area contributed by atoms with E-state index in [1.165, 1.54) is 43.5 Å². The molecule has 44 heavy (non-hydrogen) atoms. The maximum Gasteiger partial charge on any atom is 0.204 e. The smallest absolute Gasteiger partial charge is 0.204 e. The van der Waals surface area contributed by atoms with Gasteiger partial charge < -0.3 is 15.0 Å². The predicted octanol–water partition coefficient (Wildman–Crippen LogP) is 6.05. The summed E-state index contributed by atoms with van der Waals surface area (Å²) < 4.78 is 6.02. The molecule has 234 valence electrons. The van der Waals surface area contributed by atoms with Gasteiger partial charge >= 0.3 is 0 Å². The topological polar surface area (TPSA) is 88.8 Å². The lowest BCUT2D eigenvalue weighted by molar-refractivity contribution is 0.220. The molecule has 1 aromatic heterocycles. The Morgan fingerprint density at radius 1 is 1.07 bits per heavy atom. The van der Waals surface area contributed by atoms with Crippen molar-refractivity contribution in [3.05, 3.63) is 94.8 Å². The summed E-state index contributed by atoms with van der Waals surface area (Å²) >= 11 is 6.13. The number of halogens is 1. The van der Waals surface area contributed by atoms with E-state index in [-0.39, 0.29) is 5.92 Å². The molecule has 8 nitrogen and oxygen atoms in total. The number of aromatic nitrogens is 1. The molecule has 0 amide bonds. The van der Waals surface area contributed by atoms with Crippen LogP contribution < -0.4 is 15.4 Å². The molecule has 0 aliphatic carbocycles.